The Hall–Kier alpha value is -3.88. The molecular weight excluding hydrogens is 688 g/mol. The van der Waals surface area contributed by atoms with Crippen molar-refractivity contribution in [1.82, 2.24) is 9.97 Å². The molecule has 2 aromatic heterocycles. The highest BCUT2D eigenvalue weighted by atomic mass is 32.1. The minimum absolute atomic E-state index is 0.111. The number of aromatic nitrogens is 2. The Bertz CT molecular complexity index is 1840. The van der Waals surface area contributed by atoms with Crippen molar-refractivity contribution in [3.05, 3.63) is 76.7 Å². The first-order valence-electron chi connectivity index (χ1n) is 17.6. The Kier molecular flexibility index (Phi) is 13.7. The molecule has 1 atom stereocenters. The van der Waals surface area contributed by atoms with Crippen LogP contribution in [0, 0.1) is 32.6 Å². The van der Waals surface area contributed by atoms with E-state index in [2.05, 4.69) is 46.9 Å². The van der Waals surface area contributed by atoms with Gasteiger partial charge in [-0.1, -0.05) is 114 Å². The number of rotatable bonds is 18. The summed E-state index contributed by atoms with van der Waals surface area (Å²) < 4.78 is 50.0. The topological polar surface area (TPSA) is 91.0 Å². The summed E-state index contributed by atoms with van der Waals surface area (Å²) in [6, 6.07) is 20.6. The van der Waals surface area contributed by atoms with E-state index in [1.165, 1.54) is 44.2 Å². The fraction of sp³-hybridized carbons (Fsp3) is 0.475. The molecule has 4 aromatic rings. The predicted octanol–water partition coefficient (Wildman–Crippen LogP) is 11.6. The van der Waals surface area contributed by atoms with Crippen LogP contribution in [0.4, 0.5) is 24.1 Å². The summed E-state index contributed by atoms with van der Waals surface area (Å²) in [5, 5.41) is 9.89. The number of nitrogen functional groups attached to an aromatic ring is 1. The van der Waals surface area contributed by atoms with Crippen molar-refractivity contribution in [3.63, 3.8) is 0 Å². The number of hydrogen-bond donors (Lipinski definition) is 2. The van der Waals surface area contributed by atoms with Gasteiger partial charge in [-0.3, -0.25) is 0 Å². The van der Waals surface area contributed by atoms with Gasteiger partial charge in [0.15, 0.2) is 23.3 Å². The number of pyridine rings is 1. The van der Waals surface area contributed by atoms with Crippen LogP contribution in [0.1, 0.15) is 85.1 Å². The maximum absolute atomic E-state index is 14.7. The van der Waals surface area contributed by atoms with Crippen LogP contribution < -0.4 is 15.4 Å². The molecule has 3 N–H and O–H groups in total. The zero-order valence-electron chi connectivity index (χ0n) is 30.3. The largest absolute Gasteiger partial charge is 0.484 e. The number of hydrogen-bond acceptors (Lipinski definition) is 7. The van der Waals surface area contributed by atoms with E-state index in [4.69, 9.17) is 22.7 Å². The second-order valence-corrected chi connectivity index (χ2v) is 16.1. The van der Waals surface area contributed by atoms with E-state index in [0.29, 0.717) is 27.5 Å². The van der Waals surface area contributed by atoms with E-state index in [-0.39, 0.29) is 11.2 Å². The number of nitrogens with two attached hydrogens (primary N) is 1. The monoisotopic (exact) mass is 737 g/mol. The van der Waals surface area contributed by atoms with Crippen molar-refractivity contribution < 1.29 is 17.9 Å². The summed E-state index contributed by atoms with van der Waals surface area (Å²) >= 11 is 6.68. The molecule has 11 heteroatoms. The summed E-state index contributed by atoms with van der Waals surface area (Å²) in [5.41, 5.74) is 8.09. The third kappa shape index (κ3) is 10.8. The Morgan fingerprint density at radius 2 is 1.76 bits per heavy atom. The SMILES string of the molecule is CCC[C@@](C)(CC#N)CN(CCCCCCc1ccccc1-c1nc(N)sc1-c1ccc(F)c(OCC(F)(F)C(C)(C)C)c1)c1cccc(=S)[nH]1. The number of benzene rings is 2. The highest BCUT2D eigenvalue weighted by Crippen LogP contribution is 2.42. The average Bonchev–Trinajstić information content (AvgIpc) is 3.46. The van der Waals surface area contributed by atoms with Gasteiger partial charge in [-0.15, -0.1) is 0 Å². The van der Waals surface area contributed by atoms with Crippen molar-refractivity contribution in [2.45, 2.75) is 91.9 Å². The number of nitrogens with one attached hydrogen (secondary N) is 1. The first-order valence-corrected chi connectivity index (χ1v) is 18.9. The molecule has 0 amide bonds. The number of aromatic amines is 1. The molecule has 0 spiro atoms. The number of alkyl halides is 2. The fourth-order valence-corrected chi connectivity index (χ4v) is 7.21. The first-order chi connectivity index (χ1) is 24.2. The lowest BCUT2D eigenvalue weighted by atomic mass is 9.82. The minimum Gasteiger partial charge on any atom is -0.484 e. The molecule has 0 fully saturated rings. The van der Waals surface area contributed by atoms with Crippen LogP contribution in [0.3, 0.4) is 0 Å². The molecule has 0 aliphatic rings. The zero-order valence-corrected chi connectivity index (χ0v) is 32.0. The molecule has 0 saturated heterocycles. The number of anilines is 2. The van der Waals surface area contributed by atoms with Gasteiger partial charge in [0.1, 0.15) is 10.5 Å². The van der Waals surface area contributed by atoms with Crippen molar-refractivity contribution >= 4 is 34.5 Å². The number of thiazole rings is 1. The van der Waals surface area contributed by atoms with E-state index in [1.54, 1.807) is 6.07 Å². The number of nitriles is 1. The molecule has 0 bridgehead atoms. The highest BCUT2D eigenvalue weighted by Gasteiger charge is 2.44. The van der Waals surface area contributed by atoms with E-state index in [1.807, 2.05) is 30.3 Å². The van der Waals surface area contributed by atoms with Crippen LogP contribution in [-0.2, 0) is 6.42 Å². The van der Waals surface area contributed by atoms with Crippen LogP contribution in [0.5, 0.6) is 5.75 Å². The van der Waals surface area contributed by atoms with E-state index >= 15 is 0 Å². The van der Waals surface area contributed by atoms with Crippen molar-refractivity contribution in [3.8, 4) is 33.5 Å². The average molecular weight is 738 g/mol. The number of unbranched alkanes of at least 4 members (excludes halogenated alkanes) is 3. The van der Waals surface area contributed by atoms with Gasteiger partial charge in [-0.2, -0.15) is 5.26 Å². The Morgan fingerprint density at radius 3 is 2.47 bits per heavy atom. The molecule has 0 radical (unpaired) electrons. The van der Waals surface area contributed by atoms with Crippen LogP contribution in [0.25, 0.3) is 21.7 Å². The second kappa shape index (κ2) is 17.6. The molecule has 0 saturated carbocycles. The number of nitrogens with zero attached hydrogens (tertiary/aromatic N) is 3. The van der Waals surface area contributed by atoms with Gasteiger partial charge >= 0.3 is 0 Å². The lowest BCUT2D eigenvalue weighted by Gasteiger charge is -2.35. The lowest BCUT2D eigenvalue weighted by molar-refractivity contribution is -0.123. The van der Waals surface area contributed by atoms with Gasteiger partial charge in [-0.25, -0.2) is 18.2 Å². The standard InChI is InChI=1S/C40H50F3N5OS2/c1-6-21-39(5,22-23-44)26-48(33-17-13-18-34(50)46-33)24-12-8-7-9-14-28-15-10-11-16-30(28)35-36(51-37(45)47-35)29-19-20-31(41)32(25-29)49-27-40(42,43)38(2,3)4/h10-11,13,15-20,25H,6-9,12,14,21-22,24,26-27H2,1-5H3,(H2,45,47)(H,46,50)/t39-/m0/s1. The van der Waals surface area contributed by atoms with Crippen LogP contribution in [0.15, 0.2) is 60.7 Å². The first kappa shape index (κ1) is 39.9. The van der Waals surface area contributed by atoms with Crippen molar-refractivity contribution in [2.75, 3.05) is 30.3 Å². The van der Waals surface area contributed by atoms with Crippen molar-refractivity contribution in [2.24, 2.45) is 10.8 Å². The van der Waals surface area contributed by atoms with Gasteiger partial charge in [0.25, 0.3) is 5.92 Å². The molecule has 2 aromatic carbocycles. The summed E-state index contributed by atoms with van der Waals surface area (Å²) in [7, 11) is 0. The van der Waals surface area contributed by atoms with Gasteiger partial charge in [0, 0.05) is 30.5 Å². The molecule has 0 aliphatic carbocycles. The maximum Gasteiger partial charge on any atom is 0.286 e. The quantitative estimate of drug-likeness (QED) is 0.0780. The fourth-order valence-electron chi connectivity index (χ4n) is 6.18. The Balaban J connectivity index is 1.44. The van der Waals surface area contributed by atoms with Gasteiger partial charge in [0.2, 0.25) is 0 Å². The number of aryl methyl sites for hydroxylation is 1. The molecular formula is C40H50F3N5OS2. The summed E-state index contributed by atoms with van der Waals surface area (Å²) in [6.07, 6.45) is 7.36. The molecule has 2 heterocycles. The number of H-pyrrole nitrogens is 1. The highest BCUT2D eigenvalue weighted by molar-refractivity contribution is 7.71. The molecule has 6 nitrogen and oxygen atoms in total. The normalized spacial score (nSPS) is 13.1. The van der Waals surface area contributed by atoms with Crippen LogP contribution in [-0.4, -0.2) is 35.6 Å². The third-order valence-corrected chi connectivity index (χ3v) is 10.4. The molecule has 51 heavy (non-hydrogen) atoms. The number of halogens is 3. The zero-order chi connectivity index (χ0) is 37.2. The Morgan fingerprint density at radius 1 is 1.02 bits per heavy atom. The van der Waals surface area contributed by atoms with E-state index in [9.17, 15) is 18.4 Å². The molecule has 0 aliphatic heterocycles. The van der Waals surface area contributed by atoms with Gasteiger partial charge in [0.05, 0.1) is 16.6 Å². The van der Waals surface area contributed by atoms with E-state index < -0.39 is 23.8 Å². The maximum atomic E-state index is 14.7. The molecule has 0 unspecified atom stereocenters. The smallest absolute Gasteiger partial charge is 0.286 e. The predicted molar refractivity (Wildman–Crippen MR) is 207 cm³/mol. The van der Waals surface area contributed by atoms with Gasteiger partial charge < -0.3 is 20.4 Å². The van der Waals surface area contributed by atoms with Gasteiger partial charge in [-0.05, 0) is 66.5 Å². The van der Waals surface area contributed by atoms with E-state index in [0.717, 1.165) is 79.9 Å². The summed E-state index contributed by atoms with van der Waals surface area (Å²) in [5.74, 6) is -3.12. The number of ether oxygens (including phenoxy) is 1. The third-order valence-electron chi connectivity index (χ3n) is 9.27. The van der Waals surface area contributed by atoms with Crippen LogP contribution >= 0.6 is 23.6 Å². The molecule has 4 rings (SSSR count). The summed E-state index contributed by atoms with van der Waals surface area (Å²) in [6.45, 7) is 9.32. The summed E-state index contributed by atoms with van der Waals surface area (Å²) in [4.78, 5) is 11.1. The molecule has 274 valence electrons. The van der Waals surface area contributed by atoms with Crippen molar-refractivity contribution in [1.29, 1.82) is 5.26 Å². The Labute approximate surface area is 309 Å². The lowest BCUT2D eigenvalue weighted by Crippen LogP contribution is -2.39. The second-order valence-electron chi connectivity index (χ2n) is 14.7. The minimum atomic E-state index is -3.16. The van der Waals surface area contributed by atoms with Crippen LogP contribution in [0.2, 0.25) is 0 Å².